The van der Waals surface area contributed by atoms with Gasteiger partial charge in [0, 0.05) is 0 Å². The number of nitrogens with zero attached hydrogens (tertiary/aromatic N) is 10. The first-order chi connectivity index (χ1) is 28.9. The molecule has 29 heteroatoms. The van der Waals surface area contributed by atoms with E-state index in [1.807, 2.05) is 0 Å². The first-order valence-corrected chi connectivity index (χ1v) is 18.2. The molecule has 3 saturated heterocycles. The molecule has 3 fully saturated rings. The normalized spacial score (nSPS) is 32.3. The van der Waals surface area contributed by atoms with E-state index >= 15 is 0 Å². The third-order valence-electron chi connectivity index (χ3n) is 10.7. The Labute approximate surface area is 339 Å². The number of H-pyrrole nitrogens is 2. The topological polar surface area (TPSA) is 459 Å². The second-order valence-electron chi connectivity index (χ2n) is 14.5. The zero-order valence-corrected chi connectivity index (χ0v) is 32.0. The number of ether oxygens (including phenoxy) is 3. The average molecular weight is 862 g/mol. The third kappa shape index (κ3) is 7.19. The van der Waals surface area contributed by atoms with Crippen LogP contribution in [0, 0.1) is 0 Å². The van der Waals surface area contributed by atoms with E-state index in [1.165, 1.54) is 52.9 Å². The van der Waals surface area contributed by atoms with Crippen LogP contribution in [-0.2, 0) is 19.9 Å². The molecule has 6 aromatic heterocycles. The van der Waals surface area contributed by atoms with Crippen LogP contribution in [0.2, 0.25) is 0 Å². The van der Waals surface area contributed by atoms with Crippen molar-refractivity contribution in [3.63, 3.8) is 0 Å². The van der Waals surface area contributed by atoms with Crippen molar-refractivity contribution in [2.75, 3.05) is 37.0 Å². The van der Waals surface area contributed by atoms with Gasteiger partial charge >= 0.3 is 0 Å². The maximum atomic E-state index is 11.8. The summed E-state index contributed by atoms with van der Waals surface area (Å²) < 4.78 is 20.5. The summed E-state index contributed by atoms with van der Waals surface area (Å²) in [6, 6.07) is 0. The molecule has 17 N–H and O–H groups in total. The number of fused-ring (bicyclic) bond motifs is 3. The summed E-state index contributed by atoms with van der Waals surface area (Å²) in [6.07, 6.45) is -5.69. The van der Waals surface area contributed by atoms with Crippen molar-refractivity contribution < 1.29 is 60.2 Å². The van der Waals surface area contributed by atoms with E-state index in [2.05, 4.69) is 44.9 Å². The fraction of sp³-hybridized carbons (Fsp3) is 0.531. The number of hydrogen-bond donors (Lipinski definition) is 14. The maximum Gasteiger partial charge on any atom is 0.280 e. The lowest BCUT2D eigenvalue weighted by atomic mass is 9.88. The molecule has 3 aliphatic rings. The molecule has 0 unspecified atom stereocenters. The molecule has 0 bridgehead atoms. The van der Waals surface area contributed by atoms with Crippen molar-refractivity contribution >= 4 is 51.2 Å². The van der Waals surface area contributed by atoms with E-state index in [4.69, 9.17) is 41.6 Å². The van der Waals surface area contributed by atoms with Crippen LogP contribution in [-0.4, -0.2) is 179 Å². The molecular formula is C32H43N15O14. The SMILES string of the molecule is C[C@@]1(n2cnc3c(=O)[nH]c(N)nc32)O[C@H](CO)[C@@H](O)[C@@]1(C)O.Nc1nc2c(ncn2[C@@H]2O[C@H](CO)[C@@H](O)[C@H]2O)c(=O)[nH]1.Nc1ncnc2c1ncn2[C@@H]1O[C@H](CO)[C@@H](O)[C@H]1O. The van der Waals surface area contributed by atoms with Gasteiger partial charge in [-0.05, 0) is 13.8 Å². The third-order valence-corrected chi connectivity index (χ3v) is 10.7. The highest BCUT2D eigenvalue weighted by atomic mass is 16.6. The number of anilines is 3. The predicted molar refractivity (Wildman–Crippen MR) is 203 cm³/mol. The van der Waals surface area contributed by atoms with Gasteiger partial charge in [-0.1, -0.05) is 0 Å². The van der Waals surface area contributed by atoms with Crippen molar-refractivity contribution in [2.45, 2.75) is 86.5 Å². The van der Waals surface area contributed by atoms with Gasteiger partial charge in [-0.15, -0.1) is 0 Å². The fourth-order valence-electron chi connectivity index (χ4n) is 7.20. The molecule has 0 aliphatic carbocycles. The van der Waals surface area contributed by atoms with Gasteiger partial charge in [0.25, 0.3) is 11.1 Å². The van der Waals surface area contributed by atoms with Crippen LogP contribution in [0.4, 0.5) is 17.7 Å². The van der Waals surface area contributed by atoms with E-state index in [9.17, 15) is 45.3 Å². The number of rotatable bonds is 6. The molecule has 0 aromatic carbocycles. The second-order valence-corrected chi connectivity index (χ2v) is 14.5. The number of aliphatic hydroxyl groups excluding tert-OH is 8. The highest BCUT2D eigenvalue weighted by Crippen LogP contribution is 2.44. The smallest absolute Gasteiger partial charge is 0.280 e. The number of aliphatic hydroxyl groups is 9. The van der Waals surface area contributed by atoms with Crippen LogP contribution >= 0.6 is 0 Å². The molecule has 61 heavy (non-hydrogen) atoms. The van der Waals surface area contributed by atoms with Crippen molar-refractivity contribution in [1.29, 1.82) is 0 Å². The minimum absolute atomic E-state index is 0.0248. The lowest BCUT2D eigenvalue weighted by molar-refractivity contribution is -0.174. The number of hydrogen-bond acceptors (Lipinski definition) is 24. The number of imidazole rings is 3. The van der Waals surface area contributed by atoms with Gasteiger partial charge in [-0.25, -0.2) is 24.9 Å². The lowest BCUT2D eigenvalue weighted by Crippen LogP contribution is -2.53. The Morgan fingerprint density at radius 1 is 0.656 bits per heavy atom. The Morgan fingerprint density at radius 2 is 1.13 bits per heavy atom. The van der Waals surface area contributed by atoms with E-state index in [0.717, 1.165) is 0 Å². The second kappa shape index (κ2) is 16.2. The van der Waals surface area contributed by atoms with Crippen LogP contribution in [0.3, 0.4) is 0 Å². The zero-order chi connectivity index (χ0) is 44.3. The quantitative estimate of drug-likeness (QED) is 0.0740. The zero-order valence-electron chi connectivity index (χ0n) is 32.0. The van der Waals surface area contributed by atoms with Gasteiger partial charge in [0.05, 0.1) is 38.8 Å². The van der Waals surface area contributed by atoms with E-state index < -0.39 is 104 Å². The molecule has 9 heterocycles. The number of nitrogen functional groups attached to an aromatic ring is 3. The Hall–Kier alpha value is -5.83. The summed E-state index contributed by atoms with van der Waals surface area (Å²) in [5.41, 5.74) is 13.5. The molecule has 0 amide bonds. The van der Waals surface area contributed by atoms with Crippen molar-refractivity contribution in [3.05, 3.63) is 46.0 Å². The fourth-order valence-corrected chi connectivity index (χ4v) is 7.20. The van der Waals surface area contributed by atoms with Gasteiger partial charge in [0.15, 0.2) is 52.0 Å². The predicted octanol–water partition coefficient (Wildman–Crippen LogP) is -6.79. The Morgan fingerprint density at radius 3 is 1.64 bits per heavy atom. The highest BCUT2D eigenvalue weighted by molar-refractivity contribution is 5.81. The average Bonchev–Trinajstić information content (AvgIpc) is 4.07. The standard InChI is InChI=1S/C12H17N5O5.C10H13N5O5.C10H13N5O4/c1-11(21)7(19)5(3-18)22-12(11,2)17-4-14-6-8(17)15-10(13)16-9(6)20;11-10-13-7-4(8(19)14-10)12-2-15(7)9-6(18)5(17)3(1-16)20-9;11-8-5-9(13-2-12-8)15(3-14-5)10-7(18)6(17)4(1-16)19-10/h4-5,7,18-19,21H,3H2,1-2H3,(H3,13,15,16,20);2-3,5-6,9,16-18H,1H2,(H3,11,13,14,19);2-4,6-7,10,16-18H,1H2,(H2,11,12,13)/t5-,7-,11-,12-;3-,5-,6-,9-;4-,6-,7-,10-/m111/s1. The number of nitrogens with two attached hydrogens (primary N) is 3. The molecule has 12 atom stereocenters. The molecule has 0 saturated carbocycles. The van der Waals surface area contributed by atoms with Gasteiger partial charge in [0.1, 0.15) is 66.3 Å². The summed E-state index contributed by atoms with van der Waals surface area (Å²) in [5.74, 6) is 0.00577. The van der Waals surface area contributed by atoms with Crippen molar-refractivity contribution in [3.8, 4) is 0 Å². The molecule has 3 aliphatic heterocycles. The van der Waals surface area contributed by atoms with E-state index in [1.54, 1.807) is 0 Å². The molecule has 0 spiro atoms. The molecule has 0 radical (unpaired) electrons. The van der Waals surface area contributed by atoms with Gasteiger partial charge in [0.2, 0.25) is 11.9 Å². The van der Waals surface area contributed by atoms with Crippen LogP contribution in [0.5, 0.6) is 0 Å². The molecule has 330 valence electrons. The Bertz CT molecular complexity index is 2650. The first kappa shape index (κ1) is 43.3. The minimum atomic E-state index is -1.76. The Kier molecular flexibility index (Phi) is 11.5. The van der Waals surface area contributed by atoms with Crippen LogP contribution in [0.1, 0.15) is 26.3 Å². The maximum absolute atomic E-state index is 11.8. The summed E-state index contributed by atoms with van der Waals surface area (Å²) in [5, 5.41) is 87.6. The Balaban J connectivity index is 0.000000138. The van der Waals surface area contributed by atoms with Gasteiger partial charge in [-0.2, -0.15) is 9.97 Å². The van der Waals surface area contributed by atoms with Crippen LogP contribution < -0.4 is 28.3 Å². The summed E-state index contributed by atoms with van der Waals surface area (Å²) in [6.45, 7) is 1.56. The summed E-state index contributed by atoms with van der Waals surface area (Å²) in [4.78, 5) is 55.8. The molecule has 6 aromatic rings. The van der Waals surface area contributed by atoms with Gasteiger partial charge < -0.3 is 77.4 Å². The lowest BCUT2D eigenvalue weighted by Gasteiger charge is -2.37. The van der Waals surface area contributed by atoms with Crippen LogP contribution in [0.15, 0.2) is 34.9 Å². The van der Waals surface area contributed by atoms with E-state index in [-0.39, 0.29) is 40.0 Å². The van der Waals surface area contributed by atoms with Crippen molar-refractivity contribution in [1.82, 2.24) is 58.6 Å². The number of aromatic nitrogens is 12. The van der Waals surface area contributed by atoms with Gasteiger partial charge in [-0.3, -0.25) is 33.3 Å². The minimum Gasteiger partial charge on any atom is -0.394 e. The molecular weight excluding hydrogens is 818 g/mol. The van der Waals surface area contributed by atoms with E-state index in [0.29, 0.717) is 11.2 Å². The highest BCUT2D eigenvalue weighted by Gasteiger charge is 2.61. The number of aromatic amines is 2. The van der Waals surface area contributed by atoms with Crippen LogP contribution in [0.25, 0.3) is 33.5 Å². The molecule has 9 rings (SSSR count). The summed E-state index contributed by atoms with van der Waals surface area (Å²) >= 11 is 0. The largest absolute Gasteiger partial charge is 0.394 e. The molecule has 29 nitrogen and oxygen atoms in total. The summed E-state index contributed by atoms with van der Waals surface area (Å²) in [7, 11) is 0. The first-order valence-electron chi connectivity index (χ1n) is 18.2. The number of nitrogens with one attached hydrogen (secondary N) is 2. The van der Waals surface area contributed by atoms with Crippen molar-refractivity contribution in [2.24, 2.45) is 0 Å². The monoisotopic (exact) mass is 861 g/mol.